The summed E-state index contributed by atoms with van der Waals surface area (Å²) in [5.41, 5.74) is 6.88. The quantitative estimate of drug-likeness (QED) is 0.236. The predicted octanol–water partition coefficient (Wildman–Crippen LogP) is 2.45. The van der Waals surface area contributed by atoms with Gasteiger partial charge < -0.3 is 15.3 Å². The Morgan fingerprint density at radius 3 is 2.23 bits per heavy atom. The fourth-order valence-corrected chi connectivity index (χ4v) is 5.92. The summed E-state index contributed by atoms with van der Waals surface area (Å²) in [4.78, 5) is 43.2. The number of hydrogen-bond donors (Lipinski definition) is 4. The maximum atomic E-state index is 13.7. The number of carboxylic acids is 1. The molecule has 0 saturated heterocycles. The van der Waals surface area contributed by atoms with Gasteiger partial charge in [-0.3, -0.25) is 14.4 Å². The zero-order chi connectivity index (χ0) is 29.3. The van der Waals surface area contributed by atoms with E-state index in [0.717, 1.165) is 0 Å². The zero-order valence-corrected chi connectivity index (χ0v) is 23.1. The lowest BCUT2D eigenvalue weighted by Gasteiger charge is -2.28. The number of carbonyl (C=O) groups is 3. The summed E-state index contributed by atoms with van der Waals surface area (Å²) < 4.78 is 28.8. The molecule has 0 bridgehead atoms. The molecule has 2 unspecified atom stereocenters. The van der Waals surface area contributed by atoms with E-state index < -0.39 is 58.3 Å². The summed E-state index contributed by atoms with van der Waals surface area (Å²) in [5.74, 6) is -3.36. The molecule has 0 aromatic heterocycles. The SMILES string of the molecule is CC(C)C(NS(=O)(=O)Cc1ccccc1)C1=NOC(Cc2ccccc2)(C(=O)N[C@@H](CC(=O)O)C(=O)CN=N)C1. The average molecular weight is 572 g/mol. The molecule has 13 heteroatoms. The first-order chi connectivity index (χ1) is 18.9. The molecule has 0 aliphatic carbocycles. The summed E-state index contributed by atoms with van der Waals surface area (Å²) >= 11 is 0. The Balaban J connectivity index is 1.88. The van der Waals surface area contributed by atoms with Crippen molar-refractivity contribution in [2.45, 2.75) is 56.5 Å². The number of nitrogens with one attached hydrogen (secondary N) is 3. The van der Waals surface area contributed by atoms with Crippen LogP contribution in [0.5, 0.6) is 0 Å². The van der Waals surface area contributed by atoms with E-state index in [0.29, 0.717) is 16.8 Å². The van der Waals surface area contributed by atoms with E-state index in [1.807, 2.05) is 0 Å². The summed E-state index contributed by atoms with van der Waals surface area (Å²) in [5, 5.41) is 18.9. The topological polar surface area (TPSA) is 187 Å². The first kappa shape index (κ1) is 30.6. The first-order valence-electron chi connectivity index (χ1n) is 12.7. The average Bonchev–Trinajstić information content (AvgIpc) is 3.32. The molecule has 4 N–H and O–H groups in total. The van der Waals surface area contributed by atoms with Crippen LogP contribution in [-0.4, -0.2) is 61.1 Å². The Morgan fingerprint density at radius 1 is 1.07 bits per heavy atom. The molecule has 2 aromatic carbocycles. The van der Waals surface area contributed by atoms with Crippen LogP contribution >= 0.6 is 0 Å². The van der Waals surface area contributed by atoms with Crippen molar-refractivity contribution in [3.63, 3.8) is 0 Å². The highest BCUT2D eigenvalue weighted by Crippen LogP contribution is 2.32. The summed E-state index contributed by atoms with van der Waals surface area (Å²) in [6.07, 6.45) is -0.796. The number of aliphatic carboxylic acids is 1. The lowest BCUT2D eigenvalue weighted by molar-refractivity contribution is -0.147. The third-order valence-corrected chi connectivity index (χ3v) is 7.72. The van der Waals surface area contributed by atoms with Crippen molar-refractivity contribution in [3.8, 4) is 0 Å². The largest absolute Gasteiger partial charge is 0.481 e. The van der Waals surface area contributed by atoms with Crippen molar-refractivity contribution in [1.29, 1.82) is 5.53 Å². The number of carboxylic acid groups (broad SMARTS) is 1. The number of hydrogen-bond acceptors (Lipinski definition) is 9. The molecule has 3 atom stereocenters. The van der Waals surface area contributed by atoms with Gasteiger partial charge in [0.1, 0.15) is 12.6 Å². The van der Waals surface area contributed by atoms with Gasteiger partial charge in [-0.25, -0.2) is 18.7 Å². The zero-order valence-electron chi connectivity index (χ0n) is 22.2. The highest BCUT2D eigenvalue weighted by Gasteiger charge is 2.49. The maximum Gasteiger partial charge on any atom is 0.305 e. The molecule has 2 aromatic rings. The molecule has 1 aliphatic rings. The Hall–Kier alpha value is -3.97. The van der Waals surface area contributed by atoms with Crippen molar-refractivity contribution in [2.75, 3.05) is 6.54 Å². The standard InChI is InChI=1S/C27H33N5O7S/c1-18(2)25(32-40(37,38)17-20-11-7-4-8-12-20)22-15-27(39-31-22,14-19-9-5-3-6-10-19)26(36)30-21(13-24(34)35)23(33)16-29-28/h3-12,18,21,25,28,32H,13-17H2,1-2H3,(H,30,36)(H,34,35)/t21-,25?,27?/m0/s1. The second-order valence-electron chi connectivity index (χ2n) is 10.00. The predicted molar refractivity (Wildman–Crippen MR) is 146 cm³/mol. The smallest absolute Gasteiger partial charge is 0.305 e. The third kappa shape index (κ3) is 8.26. The number of nitrogens with zero attached hydrogens (tertiary/aromatic N) is 2. The second kappa shape index (κ2) is 13.4. The molecule has 40 heavy (non-hydrogen) atoms. The molecule has 3 rings (SSSR count). The van der Waals surface area contributed by atoms with Crippen LogP contribution in [0.4, 0.5) is 0 Å². The van der Waals surface area contributed by atoms with Crippen molar-refractivity contribution in [3.05, 3.63) is 71.8 Å². The van der Waals surface area contributed by atoms with Gasteiger partial charge in [-0.05, 0) is 17.0 Å². The minimum atomic E-state index is -3.81. The van der Waals surface area contributed by atoms with E-state index in [4.69, 9.17) is 10.4 Å². The molecule has 1 heterocycles. The van der Waals surface area contributed by atoms with Gasteiger partial charge in [-0.15, -0.1) is 0 Å². The number of benzene rings is 2. The van der Waals surface area contributed by atoms with Crippen LogP contribution in [-0.2, 0) is 41.4 Å². The number of carbonyl (C=O) groups excluding carboxylic acids is 2. The third-order valence-electron chi connectivity index (χ3n) is 6.39. The molecule has 12 nitrogen and oxygen atoms in total. The summed E-state index contributed by atoms with van der Waals surface area (Å²) in [6.45, 7) is 3.02. The lowest BCUT2D eigenvalue weighted by atomic mass is 9.85. The van der Waals surface area contributed by atoms with Crippen molar-refractivity contribution >= 4 is 33.4 Å². The normalized spacial score (nSPS) is 18.3. The number of rotatable bonds is 15. The van der Waals surface area contributed by atoms with E-state index in [9.17, 15) is 27.9 Å². The van der Waals surface area contributed by atoms with Gasteiger partial charge in [0, 0.05) is 12.8 Å². The van der Waals surface area contributed by atoms with Gasteiger partial charge in [0.15, 0.2) is 5.78 Å². The van der Waals surface area contributed by atoms with Crippen LogP contribution in [0.25, 0.3) is 0 Å². The maximum absolute atomic E-state index is 13.7. The fourth-order valence-electron chi connectivity index (χ4n) is 4.41. The van der Waals surface area contributed by atoms with Crippen LogP contribution in [0, 0.1) is 11.4 Å². The van der Waals surface area contributed by atoms with Gasteiger partial charge >= 0.3 is 5.97 Å². The van der Waals surface area contributed by atoms with Gasteiger partial charge in [0.2, 0.25) is 15.6 Å². The molecule has 1 amide bonds. The Morgan fingerprint density at radius 2 is 1.68 bits per heavy atom. The molecule has 0 saturated carbocycles. The highest BCUT2D eigenvalue weighted by atomic mass is 32.2. The van der Waals surface area contributed by atoms with Crippen molar-refractivity contribution in [1.82, 2.24) is 10.0 Å². The molecule has 214 valence electrons. The van der Waals surface area contributed by atoms with Gasteiger partial charge in [-0.1, -0.05) is 79.7 Å². The van der Waals surface area contributed by atoms with Gasteiger partial charge in [0.25, 0.3) is 5.91 Å². The molecule has 0 fully saturated rings. The van der Waals surface area contributed by atoms with Crippen LogP contribution in [0.1, 0.15) is 37.8 Å². The van der Waals surface area contributed by atoms with Crippen LogP contribution < -0.4 is 10.0 Å². The Bertz CT molecular complexity index is 1350. The monoisotopic (exact) mass is 571 g/mol. The Labute approximate surface area is 232 Å². The van der Waals surface area contributed by atoms with Crippen molar-refractivity contribution in [2.24, 2.45) is 16.2 Å². The fraction of sp³-hybridized carbons (Fsp3) is 0.407. The molecule has 1 aliphatic heterocycles. The summed E-state index contributed by atoms with van der Waals surface area (Å²) in [6, 6.07) is 15.4. The highest BCUT2D eigenvalue weighted by molar-refractivity contribution is 7.88. The van der Waals surface area contributed by atoms with E-state index in [2.05, 4.69) is 20.3 Å². The van der Waals surface area contributed by atoms with E-state index >= 15 is 0 Å². The summed E-state index contributed by atoms with van der Waals surface area (Å²) in [7, 11) is -3.81. The van der Waals surface area contributed by atoms with E-state index in [-0.39, 0.29) is 24.5 Å². The number of ketones is 1. The van der Waals surface area contributed by atoms with Crippen LogP contribution in [0.3, 0.4) is 0 Å². The van der Waals surface area contributed by atoms with Crippen molar-refractivity contribution < 1.29 is 32.7 Å². The number of oxime groups is 1. The van der Waals surface area contributed by atoms with Gasteiger partial charge in [-0.2, -0.15) is 5.11 Å². The Kier molecular flexibility index (Phi) is 10.2. The number of amides is 1. The minimum absolute atomic E-state index is 0.0189. The van der Waals surface area contributed by atoms with E-state index in [1.54, 1.807) is 74.5 Å². The second-order valence-corrected chi connectivity index (χ2v) is 11.8. The number of sulfonamides is 1. The molecular weight excluding hydrogens is 538 g/mol. The minimum Gasteiger partial charge on any atom is -0.481 e. The van der Waals surface area contributed by atoms with Crippen LogP contribution in [0.2, 0.25) is 0 Å². The van der Waals surface area contributed by atoms with E-state index in [1.165, 1.54) is 0 Å². The lowest BCUT2D eigenvalue weighted by Crippen LogP contribution is -2.55. The molecular formula is C27H33N5O7S. The number of Topliss-reactive ketones (excluding diaryl/α,β-unsaturated/α-hetero) is 1. The molecule has 0 spiro atoms. The molecule has 0 radical (unpaired) electrons. The first-order valence-corrected chi connectivity index (χ1v) is 14.3. The van der Waals surface area contributed by atoms with Gasteiger partial charge in [0.05, 0.1) is 23.9 Å². The van der Waals surface area contributed by atoms with Crippen LogP contribution in [0.15, 0.2) is 70.9 Å².